The summed E-state index contributed by atoms with van der Waals surface area (Å²) in [4.78, 5) is 16.5. The standard InChI is InChI=1S/C16H22N2OS/c1-15(2,3)10-7-8-11-12(9-10)20-14(17-11)18-13(19)16(4,5)6/h7-9H,1-6H3,(H,17,18,19). The average molecular weight is 290 g/mol. The minimum absolute atomic E-state index is 0.00685. The lowest BCUT2D eigenvalue weighted by Crippen LogP contribution is -2.27. The molecular weight excluding hydrogens is 268 g/mol. The molecule has 20 heavy (non-hydrogen) atoms. The highest BCUT2D eigenvalue weighted by atomic mass is 32.1. The lowest BCUT2D eigenvalue weighted by molar-refractivity contribution is -0.123. The van der Waals surface area contributed by atoms with Crippen LogP contribution in [0.5, 0.6) is 0 Å². The smallest absolute Gasteiger partial charge is 0.231 e. The van der Waals surface area contributed by atoms with Crippen LogP contribution in [0.15, 0.2) is 18.2 Å². The number of amides is 1. The first-order valence-corrected chi connectivity index (χ1v) is 7.61. The number of hydrogen-bond donors (Lipinski definition) is 1. The number of anilines is 1. The Bertz CT molecular complexity index is 645. The molecule has 1 heterocycles. The molecule has 0 bridgehead atoms. The van der Waals surface area contributed by atoms with E-state index in [4.69, 9.17) is 0 Å². The number of carbonyl (C=O) groups excluding carboxylic acids is 1. The summed E-state index contributed by atoms with van der Waals surface area (Å²) < 4.78 is 1.11. The summed E-state index contributed by atoms with van der Waals surface area (Å²) in [7, 11) is 0. The van der Waals surface area contributed by atoms with E-state index in [1.54, 1.807) is 0 Å². The number of aromatic nitrogens is 1. The zero-order valence-electron chi connectivity index (χ0n) is 13.0. The summed E-state index contributed by atoms with van der Waals surface area (Å²) in [6.45, 7) is 12.3. The van der Waals surface area contributed by atoms with Gasteiger partial charge in [0, 0.05) is 5.41 Å². The summed E-state index contributed by atoms with van der Waals surface area (Å²) in [5.41, 5.74) is 1.93. The van der Waals surface area contributed by atoms with Gasteiger partial charge < -0.3 is 5.32 Å². The van der Waals surface area contributed by atoms with Crippen molar-refractivity contribution in [3.63, 3.8) is 0 Å². The van der Waals surface area contributed by atoms with E-state index < -0.39 is 5.41 Å². The molecule has 1 amide bonds. The first-order chi connectivity index (χ1) is 9.07. The van der Waals surface area contributed by atoms with Gasteiger partial charge in [0.25, 0.3) is 0 Å². The lowest BCUT2D eigenvalue weighted by atomic mass is 9.87. The topological polar surface area (TPSA) is 42.0 Å². The van der Waals surface area contributed by atoms with Gasteiger partial charge in [-0.25, -0.2) is 4.98 Å². The van der Waals surface area contributed by atoms with Gasteiger partial charge in [-0.15, -0.1) is 0 Å². The predicted molar refractivity (Wildman–Crippen MR) is 86.4 cm³/mol. The first-order valence-electron chi connectivity index (χ1n) is 6.80. The fourth-order valence-electron chi connectivity index (χ4n) is 1.73. The molecule has 1 N–H and O–H groups in total. The van der Waals surface area contributed by atoms with E-state index >= 15 is 0 Å². The van der Waals surface area contributed by atoms with E-state index in [0.717, 1.165) is 10.2 Å². The van der Waals surface area contributed by atoms with Crippen LogP contribution in [0, 0.1) is 5.41 Å². The number of carbonyl (C=O) groups is 1. The van der Waals surface area contributed by atoms with Gasteiger partial charge in [0.15, 0.2) is 5.13 Å². The van der Waals surface area contributed by atoms with E-state index in [0.29, 0.717) is 5.13 Å². The Balaban J connectivity index is 2.33. The molecule has 0 saturated heterocycles. The Kier molecular flexibility index (Phi) is 3.63. The highest BCUT2D eigenvalue weighted by Gasteiger charge is 2.22. The molecule has 0 fully saturated rings. The van der Waals surface area contributed by atoms with Crippen LogP contribution < -0.4 is 5.32 Å². The average Bonchev–Trinajstić information content (AvgIpc) is 2.67. The Hall–Kier alpha value is -1.42. The molecule has 2 aromatic rings. The van der Waals surface area contributed by atoms with Gasteiger partial charge in [-0.1, -0.05) is 58.9 Å². The van der Waals surface area contributed by atoms with Crippen molar-refractivity contribution in [2.24, 2.45) is 5.41 Å². The first kappa shape index (κ1) is 15.0. The second kappa shape index (κ2) is 4.85. The van der Waals surface area contributed by atoms with Crippen LogP contribution >= 0.6 is 11.3 Å². The van der Waals surface area contributed by atoms with Gasteiger partial charge in [0.1, 0.15) is 0 Å². The third-order valence-electron chi connectivity index (χ3n) is 3.16. The van der Waals surface area contributed by atoms with Crippen molar-refractivity contribution >= 4 is 32.6 Å². The number of fused-ring (bicyclic) bond motifs is 1. The van der Waals surface area contributed by atoms with Crippen molar-refractivity contribution in [1.29, 1.82) is 0 Å². The van der Waals surface area contributed by atoms with Crippen LogP contribution in [0.1, 0.15) is 47.1 Å². The fraction of sp³-hybridized carbons (Fsp3) is 0.500. The Morgan fingerprint density at radius 3 is 2.35 bits per heavy atom. The molecule has 108 valence electrons. The third kappa shape index (κ3) is 3.18. The molecule has 0 aliphatic heterocycles. The second-order valence-electron chi connectivity index (χ2n) is 7.16. The van der Waals surface area contributed by atoms with Crippen LogP contribution in [0.25, 0.3) is 10.2 Å². The maximum absolute atomic E-state index is 12.0. The highest BCUT2D eigenvalue weighted by Crippen LogP contribution is 2.31. The maximum atomic E-state index is 12.0. The number of nitrogens with one attached hydrogen (secondary N) is 1. The van der Waals surface area contributed by atoms with Gasteiger partial charge in [-0.3, -0.25) is 4.79 Å². The number of nitrogens with zero attached hydrogens (tertiary/aromatic N) is 1. The molecule has 0 saturated carbocycles. The van der Waals surface area contributed by atoms with E-state index in [9.17, 15) is 4.79 Å². The minimum Gasteiger partial charge on any atom is -0.301 e. The molecule has 0 radical (unpaired) electrons. The summed E-state index contributed by atoms with van der Waals surface area (Å²) in [6.07, 6.45) is 0. The van der Waals surface area contributed by atoms with Crippen LogP contribution in [-0.2, 0) is 10.2 Å². The lowest BCUT2D eigenvalue weighted by Gasteiger charge is -2.18. The van der Waals surface area contributed by atoms with Gasteiger partial charge in [-0.2, -0.15) is 0 Å². The molecule has 1 aromatic carbocycles. The number of benzene rings is 1. The van der Waals surface area contributed by atoms with Gasteiger partial charge in [0.2, 0.25) is 5.91 Å². The van der Waals surface area contributed by atoms with Crippen molar-refractivity contribution in [3.05, 3.63) is 23.8 Å². The predicted octanol–water partition coefficient (Wildman–Crippen LogP) is 4.58. The van der Waals surface area contributed by atoms with Gasteiger partial charge >= 0.3 is 0 Å². The van der Waals surface area contributed by atoms with Crippen molar-refractivity contribution in [1.82, 2.24) is 4.98 Å². The Morgan fingerprint density at radius 2 is 1.80 bits per heavy atom. The highest BCUT2D eigenvalue weighted by molar-refractivity contribution is 7.22. The van der Waals surface area contributed by atoms with Crippen LogP contribution in [-0.4, -0.2) is 10.9 Å². The SMILES string of the molecule is CC(C)(C)C(=O)Nc1nc2ccc(C(C)(C)C)cc2s1. The van der Waals surface area contributed by atoms with E-state index in [1.807, 2.05) is 26.8 Å². The zero-order valence-corrected chi connectivity index (χ0v) is 13.8. The molecule has 0 aliphatic rings. The number of hydrogen-bond acceptors (Lipinski definition) is 3. The molecule has 0 unspecified atom stereocenters. The molecule has 4 heteroatoms. The second-order valence-corrected chi connectivity index (χ2v) is 8.19. The molecule has 1 aromatic heterocycles. The largest absolute Gasteiger partial charge is 0.301 e. The maximum Gasteiger partial charge on any atom is 0.231 e. The van der Waals surface area contributed by atoms with E-state index in [2.05, 4.69) is 43.2 Å². The third-order valence-corrected chi connectivity index (χ3v) is 4.09. The van der Waals surface area contributed by atoms with E-state index in [1.165, 1.54) is 16.9 Å². The molecule has 3 nitrogen and oxygen atoms in total. The summed E-state index contributed by atoms with van der Waals surface area (Å²) in [5.74, 6) is -0.00685. The monoisotopic (exact) mass is 290 g/mol. The summed E-state index contributed by atoms with van der Waals surface area (Å²) in [5, 5.41) is 3.57. The number of thiazole rings is 1. The quantitative estimate of drug-likeness (QED) is 0.835. The van der Waals surface area contributed by atoms with Crippen molar-refractivity contribution in [2.45, 2.75) is 47.0 Å². The van der Waals surface area contributed by atoms with Crippen LogP contribution in [0.2, 0.25) is 0 Å². The molecule has 2 rings (SSSR count). The summed E-state index contributed by atoms with van der Waals surface area (Å²) in [6, 6.07) is 6.30. The van der Waals surface area contributed by atoms with Crippen LogP contribution in [0.3, 0.4) is 0 Å². The molecule has 0 atom stereocenters. The minimum atomic E-state index is -0.408. The van der Waals surface area contributed by atoms with Gasteiger partial charge in [-0.05, 0) is 23.1 Å². The summed E-state index contributed by atoms with van der Waals surface area (Å²) >= 11 is 1.53. The Morgan fingerprint density at radius 1 is 1.15 bits per heavy atom. The van der Waals surface area contributed by atoms with Crippen molar-refractivity contribution in [2.75, 3.05) is 5.32 Å². The zero-order chi connectivity index (χ0) is 15.1. The van der Waals surface area contributed by atoms with Gasteiger partial charge in [0.05, 0.1) is 10.2 Å². The normalized spacial score (nSPS) is 12.7. The van der Waals surface area contributed by atoms with Crippen LogP contribution in [0.4, 0.5) is 5.13 Å². The fourth-order valence-corrected chi connectivity index (χ4v) is 2.63. The van der Waals surface area contributed by atoms with E-state index in [-0.39, 0.29) is 11.3 Å². The molecular formula is C16H22N2OS. The van der Waals surface area contributed by atoms with Crippen molar-refractivity contribution in [3.8, 4) is 0 Å². The number of rotatable bonds is 1. The molecule has 0 spiro atoms. The molecule has 0 aliphatic carbocycles. The van der Waals surface area contributed by atoms with Crippen molar-refractivity contribution < 1.29 is 4.79 Å². The Labute approximate surface area is 124 Å².